The van der Waals surface area contributed by atoms with Crippen molar-refractivity contribution in [3.8, 4) is 5.75 Å². The summed E-state index contributed by atoms with van der Waals surface area (Å²) in [6, 6.07) is 1.49. The van der Waals surface area contributed by atoms with Gasteiger partial charge in [-0.05, 0) is 18.6 Å². The summed E-state index contributed by atoms with van der Waals surface area (Å²) in [5, 5.41) is 0. The molecule has 0 saturated heterocycles. The van der Waals surface area contributed by atoms with Crippen molar-refractivity contribution >= 4 is 12.4 Å². The van der Waals surface area contributed by atoms with Crippen LogP contribution in [0.25, 0.3) is 0 Å². The molecule has 0 heterocycles. The van der Waals surface area contributed by atoms with E-state index in [0.29, 0.717) is 0 Å². The zero-order valence-corrected chi connectivity index (χ0v) is 11.7. The molecule has 122 valence electrons. The summed E-state index contributed by atoms with van der Waals surface area (Å²) in [5.41, 5.74) is 4.75. The molecule has 0 unspecified atom stereocenters. The van der Waals surface area contributed by atoms with Crippen LogP contribution in [0, 0.1) is 0 Å². The topological polar surface area (TPSA) is 35.2 Å². The van der Waals surface area contributed by atoms with Crippen LogP contribution in [-0.2, 0) is 6.18 Å². The number of ether oxygens (including phenoxy) is 1. The highest BCUT2D eigenvalue weighted by Crippen LogP contribution is 2.36. The predicted octanol–water partition coefficient (Wildman–Crippen LogP) is 4.48. The van der Waals surface area contributed by atoms with Crippen molar-refractivity contribution in [1.82, 2.24) is 0 Å². The molecule has 1 atom stereocenters. The third-order valence-corrected chi connectivity index (χ3v) is 2.70. The Kier molecular flexibility index (Phi) is 6.82. The van der Waals surface area contributed by atoms with E-state index >= 15 is 0 Å². The lowest BCUT2D eigenvalue weighted by molar-refractivity contribution is -0.137. The fourth-order valence-electron chi connectivity index (χ4n) is 1.67. The monoisotopic (exact) mass is 337 g/mol. The first-order valence-electron chi connectivity index (χ1n) is 5.62. The van der Waals surface area contributed by atoms with Gasteiger partial charge in [0.2, 0.25) is 0 Å². The Bertz CT molecular complexity index is 460. The Morgan fingerprint density at radius 1 is 1.14 bits per heavy atom. The van der Waals surface area contributed by atoms with Gasteiger partial charge in [0.15, 0.2) is 0 Å². The zero-order chi connectivity index (χ0) is 15.6. The van der Waals surface area contributed by atoms with E-state index in [0.717, 1.165) is 25.3 Å². The number of benzene rings is 1. The SMILES string of the molecule is COc1cc(C(F)(F)F)ccc1[C@H](N)CCC(F)(F)F.Cl. The summed E-state index contributed by atoms with van der Waals surface area (Å²) >= 11 is 0. The quantitative estimate of drug-likeness (QED) is 0.822. The van der Waals surface area contributed by atoms with Crippen LogP contribution in [0.4, 0.5) is 26.3 Å². The standard InChI is InChI=1S/C12H13F6NO.ClH/c1-20-10-6-7(12(16,17)18)2-3-8(10)9(19)4-5-11(13,14)15;/h2-3,6,9H,4-5,19H2,1H3;1H/t9-;/m1./s1. The largest absolute Gasteiger partial charge is 0.496 e. The van der Waals surface area contributed by atoms with E-state index in [4.69, 9.17) is 10.5 Å². The average molecular weight is 338 g/mol. The fourth-order valence-corrected chi connectivity index (χ4v) is 1.67. The van der Waals surface area contributed by atoms with Gasteiger partial charge in [0.05, 0.1) is 12.7 Å². The van der Waals surface area contributed by atoms with Crippen LogP contribution in [-0.4, -0.2) is 13.3 Å². The lowest BCUT2D eigenvalue weighted by Gasteiger charge is -2.18. The second kappa shape index (κ2) is 7.22. The Labute approximate surface area is 123 Å². The molecule has 0 fully saturated rings. The van der Waals surface area contributed by atoms with Crippen LogP contribution in [0.2, 0.25) is 0 Å². The Morgan fingerprint density at radius 2 is 1.71 bits per heavy atom. The molecule has 1 rings (SSSR count). The number of nitrogens with two attached hydrogens (primary N) is 1. The molecular weight excluding hydrogens is 324 g/mol. The molecule has 0 aliphatic carbocycles. The maximum absolute atomic E-state index is 12.5. The van der Waals surface area contributed by atoms with Gasteiger partial charge in [-0.2, -0.15) is 26.3 Å². The minimum absolute atomic E-state index is 0. The van der Waals surface area contributed by atoms with Crippen molar-refractivity contribution in [2.75, 3.05) is 7.11 Å². The summed E-state index contributed by atoms with van der Waals surface area (Å²) in [4.78, 5) is 0. The maximum Gasteiger partial charge on any atom is 0.416 e. The van der Waals surface area contributed by atoms with Crippen LogP contribution in [0.1, 0.15) is 30.0 Å². The molecule has 1 aromatic carbocycles. The first kappa shape index (κ1) is 19.8. The van der Waals surface area contributed by atoms with E-state index in [9.17, 15) is 26.3 Å². The first-order chi connectivity index (χ1) is 9.04. The van der Waals surface area contributed by atoms with Crippen molar-refractivity contribution in [2.45, 2.75) is 31.2 Å². The third-order valence-electron chi connectivity index (χ3n) is 2.70. The lowest BCUT2D eigenvalue weighted by Crippen LogP contribution is -2.17. The molecule has 9 heteroatoms. The van der Waals surface area contributed by atoms with Crippen LogP contribution >= 0.6 is 12.4 Å². The number of hydrogen-bond donors (Lipinski definition) is 1. The number of methoxy groups -OCH3 is 1. The van der Waals surface area contributed by atoms with Crippen molar-refractivity contribution in [1.29, 1.82) is 0 Å². The number of halogens is 7. The highest BCUT2D eigenvalue weighted by molar-refractivity contribution is 5.85. The summed E-state index contributed by atoms with van der Waals surface area (Å²) in [7, 11) is 1.13. The summed E-state index contributed by atoms with van der Waals surface area (Å²) in [6.45, 7) is 0. The van der Waals surface area contributed by atoms with Gasteiger partial charge < -0.3 is 10.5 Å². The first-order valence-corrected chi connectivity index (χ1v) is 5.62. The molecule has 1 aromatic rings. The van der Waals surface area contributed by atoms with E-state index < -0.39 is 36.8 Å². The fraction of sp³-hybridized carbons (Fsp3) is 0.500. The number of alkyl halides is 6. The average Bonchev–Trinajstić information content (AvgIpc) is 2.33. The van der Waals surface area contributed by atoms with Gasteiger partial charge in [0.25, 0.3) is 0 Å². The molecule has 0 saturated carbocycles. The van der Waals surface area contributed by atoms with Gasteiger partial charge in [-0.25, -0.2) is 0 Å². The van der Waals surface area contributed by atoms with Crippen LogP contribution in [0.5, 0.6) is 5.75 Å². The van der Waals surface area contributed by atoms with Crippen LogP contribution in [0.15, 0.2) is 18.2 Å². The summed E-state index contributed by atoms with van der Waals surface area (Å²) in [5.74, 6) is -0.172. The highest BCUT2D eigenvalue weighted by Gasteiger charge is 2.32. The Morgan fingerprint density at radius 3 is 2.14 bits per heavy atom. The molecule has 2 N–H and O–H groups in total. The second-order valence-corrected chi connectivity index (χ2v) is 4.21. The van der Waals surface area contributed by atoms with Gasteiger partial charge in [0.1, 0.15) is 5.75 Å². The minimum atomic E-state index is -4.55. The van der Waals surface area contributed by atoms with Gasteiger partial charge >= 0.3 is 12.4 Å². The number of hydrogen-bond acceptors (Lipinski definition) is 2. The van der Waals surface area contributed by atoms with E-state index in [2.05, 4.69) is 0 Å². The smallest absolute Gasteiger partial charge is 0.416 e. The molecular formula is C12H14ClF6NO. The van der Waals surface area contributed by atoms with Crippen molar-refractivity contribution in [3.63, 3.8) is 0 Å². The molecule has 0 amide bonds. The molecule has 21 heavy (non-hydrogen) atoms. The van der Waals surface area contributed by atoms with Gasteiger partial charge in [0, 0.05) is 18.0 Å². The van der Waals surface area contributed by atoms with Crippen LogP contribution in [0.3, 0.4) is 0 Å². The van der Waals surface area contributed by atoms with Crippen molar-refractivity contribution in [2.24, 2.45) is 5.73 Å². The van der Waals surface area contributed by atoms with Gasteiger partial charge in [-0.3, -0.25) is 0 Å². The molecule has 0 aliphatic rings. The minimum Gasteiger partial charge on any atom is -0.496 e. The van der Waals surface area contributed by atoms with Gasteiger partial charge in [-0.15, -0.1) is 12.4 Å². The van der Waals surface area contributed by atoms with Crippen molar-refractivity contribution in [3.05, 3.63) is 29.3 Å². The Hall–Kier alpha value is -1.15. The molecule has 0 aromatic heterocycles. The molecule has 0 bridgehead atoms. The molecule has 2 nitrogen and oxygen atoms in total. The van der Waals surface area contributed by atoms with E-state index in [1.807, 2.05) is 0 Å². The van der Waals surface area contributed by atoms with E-state index in [1.165, 1.54) is 0 Å². The molecule has 0 spiro atoms. The highest BCUT2D eigenvalue weighted by atomic mass is 35.5. The molecule has 0 radical (unpaired) electrons. The Balaban J connectivity index is 0.00000400. The van der Waals surface area contributed by atoms with Crippen LogP contribution < -0.4 is 10.5 Å². The lowest BCUT2D eigenvalue weighted by atomic mass is 10.00. The number of rotatable bonds is 4. The zero-order valence-electron chi connectivity index (χ0n) is 10.9. The molecule has 0 aliphatic heterocycles. The maximum atomic E-state index is 12.5. The van der Waals surface area contributed by atoms with Crippen molar-refractivity contribution < 1.29 is 31.1 Å². The predicted molar refractivity (Wildman–Crippen MR) is 67.5 cm³/mol. The summed E-state index contributed by atoms with van der Waals surface area (Å²) in [6.07, 6.45) is -10.5. The van der Waals surface area contributed by atoms with E-state index in [-0.39, 0.29) is 23.7 Å². The second-order valence-electron chi connectivity index (χ2n) is 4.21. The summed E-state index contributed by atoms with van der Waals surface area (Å²) < 4.78 is 78.6. The normalized spacial score (nSPS) is 13.5. The third kappa shape index (κ3) is 6.01. The van der Waals surface area contributed by atoms with Gasteiger partial charge in [-0.1, -0.05) is 6.07 Å². The van der Waals surface area contributed by atoms with E-state index in [1.54, 1.807) is 0 Å².